The van der Waals surface area contributed by atoms with Gasteiger partial charge in [0.15, 0.2) is 0 Å². The number of hydrogen-bond acceptors (Lipinski definition) is 2. The average Bonchev–Trinajstić information content (AvgIpc) is 2.16. The molecular formula is C11H13FN2OS. The number of benzene rings is 1. The molecule has 0 fully saturated rings. The Hall–Kier alpha value is -1.49. The van der Waals surface area contributed by atoms with Gasteiger partial charge in [-0.05, 0) is 31.2 Å². The second-order valence-corrected chi connectivity index (χ2v) is 4.08. The molecule has 1 aromatic carbocycles. The third kappa shape index (κ3) is 3.94. The van der Waals surface area contributed by atoms with E-state index in [1.165, 1.54) is 24.3 Å². The highest BCUT2D eigenvalue weighted by atomic mass is 32.1. The van der Waals surface area contributed by atoms with E-state index in [-0.39, 0.29) is 17.8 Å². The average molecular weight is 240 g/mol. The molecule has 0 saturated carbocycles. The Bertz CT molecular complexity index is 391. The van der Waals surface area contributed by atoms with E-state index in [1.54, 1.807) is 6.92 Å². The van der Waals surface area contributed by atoms with Gasteiger partial charge in [-0.25, -0.2) is 4.39 Å². The monoisotopic (exact) mass is 240 g/mol. The quantitative estimate of drug-likeness (QED) is 0.786. The number of nitrogens with two attached hydrogens (primary N) is 1. The molecule has 3 N–H and O–H groups in total. The largest absolute Gasteiger partial charge is 0.393 e. The second-order valence-electron chi connectivity index (χ2n) is 3.55. The van der Waals surface area contributed by atoms with Crippen LogP contribution in [0.3, 0.4) is 0 Å². The highest BCUT2D eigenvalue weighted by Crippen LogP contribution is 2.03. The Morgan fingerprint density at radius 1 is 1.50 bits per heavy atom. The van der Waals surface area contributed by atoms with Crippen LogP contribution < -0.4 is 11.1 Å². The number of amides is 1. The fourth-order valence-corrected chi connectivity index (χ4v) is 1.51. The molecule has 0 aromatic heterocycles. The number of carbonyl (C=O) groups is 1. The molecule has 1 rings (SSSR count). The summed E-state index contributed by atoms with van der Waals surface area (Å²) in [6.07, 6.45) is 0.447. The summed E-state index contributed by atoms with van der Waals surface area (Å²) in [5.74, 6) is -0.628. The lowest BCUT2D eigenvalue weighted by Crippen LogP contribution is -2.35. The molecule has 1 aromatic rings. The van der Waals surface area contributed by atoms with Gasteiger partial charge in [0.25, 0.3) is 5.91 Å². The summed E-state index contributed by atoms with van der Waals surface area (Å²) in [4.78, 5) is 12.0. The minimum atomic E-state index is -0.368. The van der Waals surface area contributed by atoms with Gasteiger partial charge in [0, 0.05) is 18.0 Å². The second kappa shape index (κ2) is 5.55. The lowest BCUT2D eigenvalue weighted by molar-refractivity contribution is 0.0941. The predicted molar refractivity (Wildman–Crippen MR) is 64.7 cm³/mol. The van der Waals surface area contributed by atoms with Crippen LogP contribution in [0, 0.1) is 5.82 Å². The lowest BCUT2D eigenvalue weighted by Gasteiger charge is -2.12. The SMILES string of the molecule is CC(CC(N)=S)NC(=O)c1ccc(F)cc1. The molecule has 5 heteroatoms. The molecule has 0 aliphatic heterocycles. The maximum atomic E-state index is 12.6. The van der Waals surface area contributed by atoms with E-state index in [1.807, 2.05) is 0 Å². The zero-order valence-electron chi connectivity index (χ0n) is 8.87. The Morgan fingerprint density at radius 2 is 2.06 bits per heavy atom. The zero-order chi connectivity index (χ0) is 12.1. The van der Waals surface area contributed by atoms with Crippen molar-refractivity contribution in [2.24, 2.45) is 5.73 Å². The zero-order valence-corrected chi connectivity index (χ0v) is 9.68. The van der Waals surface area contributed by atoms with Crippen molar-refractivity contribution in [3.05, 3.63) is 35.6 Å². The normalized spacial score (nSPS) is 11.9. The fourth-order valence-electron chi connectivity index (χ4n) is 1.26. The van der Waals surface area contributed by atoms with Crippen molar-refractivity contribution in [2.75, 3.05) is 0 Å². The molecule has 0 radical (unpaired) electrons. The third-order valence-electron chi connectivity index (χ3n) is 1.99. The molecule has 0 aliphatic carbocycles. The van der Waals surface area contributed by atoms with Gasteiger partial charge in [-0.1, -0.05) is 12.2 Å². The van der Waals surface area contributed by atoms with E-state index in [0.717, 1.165) is 0 Å². The Morgan fingerprint density at radius 3 is 2.56 bits per heavy atom. The molecule has 0 saturated heterocycles. The summed E-state index contributed by atoms with van der Waals surface area (Å²) in [5, 5.41) is 2.72. The van der Waals surface area contributed by atoms with Gasteiger partial charge < -0.3 is 11.1 Å². The molecular weight excluding hydrogens is 227 g/mol. The Labute approximate surface area is 98.8 Å². The summed E-state index contributed by atoms with van der Waals surface area (Å²) in [5.41, 5.74) is 5.77. The van der Waals surface area contributed by atoms with Crippen LogP contribution in [0.5, 0.6) is 0 Å². The summed E-state index contributed by atoms with van der Waals surface area (Å²) in [7, 11) is 0. The summed E-state index contributed by atoms with van der Waals surface area (Å²) >= 11 is 4.74. The first kappa shape index (κ1) is 12.6. The number of rotatable bonds is 4. The number of nitrogens with one attached hydrogen (secondary N) is 1. The van der Waals surface area contributed by atoms with Gasteiger partial charge in [-0.15, -0.1) is 0 Å². The highest BCUT2D eigenvalue weighted by Gasteiger charge is 2.10. The van der Waals surface area contributed by atoms with Gasteiger partial charge in [0.1, 0.15) is 5.82 Å². The topological polar surface area (TPSA) is 55.1 Å². The number of hydrogen-bond donors (Lipinski definition) is 2. The molecule has 1 unspecified atom stereocenters. The van der Waals surface area contributed by atoms with Crippen LogP contribution in [-0.2, 0) is 0 Å². The summed E-state index contributed by atoms with van der Waals surface area (Å²) < 4.78 is 12.6. The molecule has 0 spiro atoms. The van der Waals surface area contributed by atoms with Crippen LogP contribution in [0.15, 0.2) is 24.3 Å². The molecule has 0 heterocycles. The maximum Gasteiger partial charge on any atom is 0.251 e. The molecule has 0 bridgehead atoms. The van der Waals surface area contributed by atoms with Crippen molar-refractivity contribution in [3.63, 3.8) is 0 Å². The van der Waals surface area contributed by atoms with Crippen LogP contribution in [0.1, 0.15) is 23.7 Å². The van der Waals surface area contributed by atoms with E-state index >= 15 is 0 Å². The van der Waals surface area contributed by atoms with Crippen LogP contribution in [0.2, 0.25) is 0 Å². The van der Waals surface area contributed by atoms with E-state index in [2.05, 4.69) is 5.32 Å². The van der Waals surface area contributed by atoms with Gasteiger partial charge in [0.05, 0.1) is 4.99 Å². The van der Waals surface area contributed by atoms with Crippen molar-refractivity contribution < 1.29 is 9.18 Å². The molecule has 3 nitrogen and oxygen atoms in total. The van der Waals surface area contributed by atoms with E-state index in [9.17, 15) is 9.18 Å². The molecule has 1 amide bonds. The van der Waals surface area contributed by atoms with Gasteiger partial charge in [-0.3, -0.25) is 4.79 Å². The van der Waals surface area contributed by atoms with Gasteiger partial charge in [0.2, 0.25) is 0 Å². The third-order valence-corrected chi connectivity index (χ3v) is 2.16. The first-order valence-electron chi connectivity index (χ1n) is 4.84. The Balaban J connectivity index is 2.58. The highest BCUT2D eigenvalue weighted by molar-refractivity contribution is 7.80. The molecule has 1 atom stereocenters. The molecule has 16 heavy (non-hydrogen) atoms. The van der Waals surface area contributed by atoms with Crippen molar-refractivity contribution in [2.45, 2.75) is 19.4 Å². The maximum absolute atomic E-state index is 12.6. The van der Waals surface area contributed by atoms with Crippen molar-refractivity contribution in [3.8, 4) is 0 Å². The lowest BCUT2D eigenvalue weighted by atomic mass is 10.2. The van der Waals surface area contributed by atoms with Crippen LogP contribution in [0.4, 0.5) is 4.39 Å². The van der Waals surface area contributed by atoms with Crippen molar-refractivity contribution >= 4 is 23.1 Å². The molecule has 86 valence electrons. The minimum Gasteiger partial charge on any atom is -0.393 e. The van der Waals surface area contributed by atoms with E-state index < -0.39 is 0 Å². The number of carbonyl (C=O) groups excluding carboxylic acids is 1. The van der Waals surface area contributed by atoms with Gasteiger partial charge in [-0.2, -0.15) is 0 Å². The predicted octanol–water partition coefficient (Wildman–Crippen LogP) is 1.62. The number of halogens is 1. The van der Waals surface area contributed by atoms with Gasteiger partial charge >= 0.3 is 0 Å². The van der Waals surface area contributed by atoms with Crippen LogP contribution in [0.25, 0.3) is 0 Å². The minimum absolute atomic E-state index is 0.130. The van der Waals surface area contributed by atoms with Crippen molar-refractivity contribution in [1.82, 2.24) is 5.32 Å². The number of thiocarbonyl (C=S) groups is 1. The summed E-state index contributed by atoms with van der Waals surface area (Å²) in [6.45, 7) is 1.81. The fraction of sp³-hybridized carbons (Fsp3) is 0.273. The summed E-state index contributed by atoms with van der Waals surface area (Å²) in [6, 6.07) is 5.21. The van der Waals surface area contributed by atoms with Crippen LogP contribution in [-0.4, -0.2) is 16.9 Å². The molecule has 0 aliphatic rings. The van der Waals surface area contributed by atoms with Crippen molar-refractivity contribution in [1.29, 1.82) is 0 Å². The standard InChI is InChI=1S/C11H13FN2OS/c1-7(6-10(13)16)14-11(15)8-2-4-9(12)5-3-8/h2-5,7H,6H2,1H3,(H2,13,16)(H,14,15). The smallest absolute Gasteiger partial charge is 0.251 e. The van der Waals surface area contributed by atoms with E-state index in [0.29, 0.717) is 17.0 Å². The first-order chi connectivity index (χ1) is 7.49. The van der Waals surface area contributed by atoms with E-state index in [4.69, 9.17) is 18.0 Å². The Kier molecular flexibility index (Phi) is 4.37. The van der Waals surface area contributed by atoms with Crippen LogP contribution >= 0.6 is 12.2 Å². The first-order valence-corrected chi connectivity index (χ1v) is 5.24.